The first-order valence-corrected chi connectivity index (χ1v) is 33.3. The molecule has 0 spiro atoms. The van der Waals surface area contributed by atoms with Crippen LogP contribution < -0.4 is 42.5 Å². The van der Waals surface area contributed by atoms with Crippen LogP contribution in [0.5, 0.6) is 0 Å². The molecule has 0 saturated carbocycles. The van der Waals surface area contributed by atoms with Gasteiger partial charge in [-0.2, -0.15) is 0 Å². The Morgan fingerprint density at radius 1 is 0.562 bits per heavy atom. The second kappa shape index (κ2) is 33.3. The Morgan fingerprint density at radius 3 is 1.48 bits per heavy atom. The summed E-state index contributed by atoms with van der Waals surface area (Å²) in [6, 6.07) is 33.3. The Kier molecular flexibility index (Phi) is 24.4. The number of ketones is 2. The van der Waals surface area contributed by atoms with Gasteiger partial charge >= 0.3 is 6.09 Å². The van der Waals surface area contributed by atoms with E-state index < -0.39 is 107 Å². The van der Waals surface area contributed by atoms with Crippen molar-refractivity contribution in [3.8, 4) is 0 Å². The van der Waals surface area contributed by atoms with Crippen LogP contribution in [0, 0.1) is 36.4 Å². The molecule has 8 N–H and O–H groups in total. The van der Waals surface area contributed by atoms with Gasteiger partial charge in [-0.05, 0) is 104 Å². The van der Waals surface area contributed by atoms with Gasteiger partial charge in [0, 0.05) is 43.8 Å². The van der Waals surface area contributed by atoms with Gasteiger partial charge in [0.25, 0.3) is 5.91 Å². The molecule has 3 aromatic heterocycles. The largest absolute Gasteiger partial charge is 0.445 e. The number of benzene rings is 5. The summed E-state index contributed by atoms with van der Waals surface area (Å²) in [6.07, 6.45) is 0.753. The van der Waals surface area contributed by atoms with Gasteiger partial charge in [-0.15, -0.1) is 22.7 Å². The Morgan fingerprint density at radius 2 is 1.02 bits per heavy atom. The fourth-order valence-electron chi connectivity index (χ4n) is 11.1. The van der Waals surface area contributed by atoms with Gasteiger partial charge in [-0.1, -0.05) is 130 Å². The summed E-state index contributed by atoms with van der Waals surface area (Å²) in [5.41, 5.74) is 3.41. The number of para-hydroxylation sites is 2. The standard InChI is InChI=1S/C37H41N5O6S.C33H35FN6O6S/c1-23(2)19-29(42-37(47)48-22-25-13-7-4-8-14-25)34(45)40-30(20-24-11-5-3-6-12-24)35(46)39-28(21-26-17-18-38-33(26)44)32(43)36-41-27-15-9-10-16-31(27)49-36;1-17(2)27(39-31(44)25-14-18(3)46-40-25)32(45)37-24(15-19-8-10-21(34)11-9-19)30(43)36-23(16-20-12-13-35-29(20)42)28(41)33-38-22-6-4-5-7-26(22)47-33/h3-16,23,26,28-30H,17-22H2,1-2H3,(H,38,44)(H,39,46)(H,40,45)(H,42,47);4-11,14,17,20,23-24,27H,12-13,15-16H2,1-3H3,(H,35,42)(H,36,43)(H,37,45)(H,39,44)/t26-,28-,29-,30-;20-,23-,24-,27-/m00/s1. The second-order valence-corrected chi connectivity index (χ2v) is 26.5. The summed E-state index contributed by atoms with van der Waals surface area (Å²) in [7, 11) is 0. The zero-order valence-electron chi connectivity index (χ0n) is 53.6. The highest BCUT2D eigenvalue weighted by Gasteiger charge is 2.38. The third kappa shape index (κ3) is 19.5. The predicted molar refractivity (Wildman–Crippen MR) is 358 cm³/mol. The normalized spacial score (nSPS) is 16.2. The van der Waals surface area contributed by atoms with Crippen molar-refractivity contribution in [3.05, 3.63) is 184 Å². The lowest BCUT2D eigenvalue weighted by Gasteiger charge is -2.27. The van der Waals surface area contributed by atoms with Crippen LogP contribution in [-0.2, 0) is 53.0 Å². The van der Waals surface area contributed by atoms with E-state index in [-0.39, 0.29) is 65.7 Å². The first-order chi connectivity index (χ1) is 46.1. The first kappa shape index (κ1) is 70.2. The van der Waals surface area contributed by atoms with E-state index in [1.807, 2.05) is 111 Å². The van der Waals surface area contributed by atoms with E-state index in [0.29, 0.717) is 54.7 Å². The van der Waals surface area contributed by atoms with Crippen LogP contribution in [0.1, 0.15) is 112 Å². The molecule has 0 radical (unpaired) electrons. The molecule has 2 aliphatic heterocycles. The number of fused-ring (bicyclic) bond motifs is 2. The van der Waals surface area contributed by atoms with Crippen molar-refractivity contribution in [3.63, 3.8) is 0 Å². The maximum Gasteiger partial charge on any atom is 0.408 e. The number of aryl methyl sites for hydroxylation is 1. The lowest BCUT2D eigenvalue weighted by atomic mass is 9.95. The number of aromatic nitrogens is 3. The SMILES string of the molecule is CC(C)C[C@H](NC(=O)OCc1ccccc1)C(=O)N[C@@H](Cc1ccccc1)C(=O)N[C@@H](C[C@@H]1CCNC1=O)C(=O)c1nc2ccccc2s1.Cc1cc(C(=O)N[C@H](C(=O)N[C@@H](Cc2ccc(F)cc2)C(=O)N[C@@H](C[C@@H]2CCNC2=O)C(=O)c2nc3ccccc3s2)C(C)C)no1. The molecule has 0 unspecified atom stereocenters. The number of carbonyl (C=O) groups is 10. The Balaban J connectivity index is 0.000000226. The number of halogens is 1. The summed E-state index contributed by atoms with van der Waals surface area (Å²) < 4.78 is 25.7. The van der Waals surface area contributed by atoms with E-state index in [1.165, 1.54) is 53.0 Å². The van der Waals surface area contributed by atoms with Crippen molar-refractivity contribution >= 4 is 102 Å². The van der Waals surface area contributed by atoms with Crippen LogP contribution in [0.25, 0.3) is 20.4 Å². The molecule has 23 nitrogen and oxygen atoms in total. The van der Waals surface area contributed by atoms with Gasteiger partial charge in [0.1, 0.15) is 42.4 Å². The minimum Gasteiger partial charge on any atom is -0.445 e. The number of hydrogen-bond donors (Lipinski definition) is 8. The lowest BCUT2D eigenvalue weighted by Crippen LogP contribution is -2.57. The van der Waals surface area contributed by atoms with Gasteiger partial charge in [-0.25, -0.2) is 19.2 Å². The molecular weight excluding hydrogens is 1270 g/mol. The number of Topliss-reactive ketones (excluding diaryl/α,β-unsaturated/α-hetero) is 2. The molecule has 5 aromatic carbocycles. The number of nitrogens with one attached hydrogen (secondary N) is 8. The number of amides is 8. The summed E-state index contributed by atoms with van der Waals surface area (Å²) in [6.45, 7) is 9.91. The second-order valence-electron chi connectivity index (χ2n) is 24.4. The summed E-state index contributed by atoms with van der Waals surface area (Å²) >= 11 is 2.41. The zero-order valence-corrected chi connectivity index (χ0v) is 55.2. The van der Waals surface area contributed by atoms with E-state index in [9.17, 15) is 52.3 Å². The Bertz CT molecular complexity index is 4000. The van der Waals surface area contributed by atoms with E-state index >= 15 is 0 Å². The molecule has 26 heteroatoms. The number of carbonyl (C=O) groups excluding carboxylic acids is 10. The monoisotopic (exact) mass is 1350 g/mol. The van der Waals surface area contributed by atoms with E-state index in [2.05, 4.69) is 57.7 Å². The molecule has 96 heavy (non-hydrogen) atoms. The van der Waals surface area contributed by atoms with Crippen LogP contribution in [0.2, 0.25) is 0 Å². The highest BCUT2D eigenvalue weighted by Crippen LogP contribution is 2.28. The molecule has 5 heterocycles. The molecule has 10 rings (SSSR count). The van der Waals surface area contributed by atoms with Crippen molar-refractivity contribution in [1.29, 1.82) is 0 Å². The quantitative estimate of drug-likeness (QED) is 0.0218. The Hall–Kier alpha value is -10.1. The van der Waals surface area contributed by atoms with Gasteiger partial charge in [0.15, 0.2) is 15.7 Å². The number of alkyl carbamates (subject to hydrolysis) is 1. The van der Waals surface area contributed by atoms with Crippen LogP contribution in [0.15, 0.2) is 144 Å². The smallest absolute Gasteiger partial charge is 0.408 e. The minimum absolute atomic E-state index is 0.00583. The molecule has 8 amide bonds. The average Bonchev–Trinajstić information content (AvgIpc) is 1.72. The van der Waals surface area contributed by atoms with Crippen molar-refractivity contribution in [2.24, 2.45) is 23.7 Å². The molecule has 0 bridgehead atoms. The van der Waals surface area contributed by atoms with E-state index in [0.717, 1.165) is 20.5 Å². The fourth-order valence-corrected chi connectivity index (χ4v) is 13.0. The zero-order chi connectivity index (χ0) is 68.4. The molecule has 2 fully saturated rings. The maximum atomic E-state index is 14.1. The van der Waals surface area contributed by atoms with E-state index in [1.54, 1.807) is 32.9 Å². The topological polar surface area (TPSA) is 328 Å². The van der Waals surface area contributed by atoms with Gasteiger partial charge in [0.2, 0.25) is 47.0 Å². The lowest BCUT2D eigenvalue weighted by molar-refractivity contribution is -0.130. The van der Waals surface area contributed by atoms with Crippen LogP contribution >= 0.6 is 22.7 Å². The Labute approximate surface area is 561 Å². The van der Waals surface area contributed by atoms with Crippen LogP contribution in [0.4, 0.5) is 9.18 Å². The van der Waals surface area contributed by atoms with Gasteiger partial charge < -0.3 is 51.8 Å². The third-order valence-corrected chi connectivity index (χ3v) is 18.3. The molecule has 2 aliphatic rings. The van der Waals surface area contributed by atoms with Crippen molar-refractivity contribution in [1.82, 2.24) is 57.7 Å². The molecule has 8 aromatic rings. The van der Waals surface area contributed by atoms with Crippen LogP contribution in [0.3, 0.4) is 0 Å². The number of thiazole rings is 2. The predicted octanol–water partition coefficient (Wildman–Crippen LogP) is 7.67. The maximum absolute atomic E-state index is 14.1. The number of hydrogen-bond acceptors (Lipinski definition) is 17. The van der Waals surface area contributed by atoms with E-state index in [4.69, 9.17) is 9.26 Å². The summed E-state index contributed by atoms with van der Waals surface area (Å²) in [5.74, 6) is -5.78. The van der Waals surface area contributed by atoms with Crippen molar-refractivity contribution in [2.45, 2.75) is 122 Å². The average molecular weight is 1350 g/mol. The molecule has 2 saturated heterocycles. The fraction of sp³-hybridized carbons (Fsp3) is 0.357. The number of nitrogens with zero attached hydrogens (tertiary/aromatic N) is 3. The van der Waals surface area contributed by atoms with Gasteiger partial charge in [-0.3, -0.25) is 43.2 Å². The minimum atomic E-state index is -1.23. The third-order valence-electron chi connectivity index (χ3n) is 16.2. The van der Waals surface area contributed by atoms with Crippen molar-refractivity contribution in [2.75, 3.05) is 13.1 Å². The highest BCUT2D eigenvalue weighted by molar-refractivity contribution is 7.20. The van der Waals surface area contributed by atoms with Crippen molar-refractivity contribution < 1.29 is 61.6 Å². The molecule has 502 valence electrons. The number of rotatable bonds is 28. The summed E-state index contributed by atoms with van der Waals surface area (Å²) in [4.78, 5) is 143. The highest BCUT2D eigenvalue weighted by atomic mass is 32.1. The summed E-state index contributed by atoms with van der Waals surface area (Å²) in [5, 5.41) is 26.2. The molecular formula is C70H76FN11O12S2. The molecule has 0 aliphatic carbocycles. The van der Waals surface area contributed by atoms with Crippen LogP contribution in [-0.4, -0.2) is 123 Å². The van der Waals surface area contributed by atoms with Gasteiger partial charge in [0.05, 0.1) is 32.5 Å². The first-order valence-electron chi connectivity index (χ1n) is 31.7. The molecule has 8 atom stereocenters. The number of ether oxygens (including phenoxy) is 1.